The molecule has 2 nitrogen and oxygen atoms in total. The summed E-state index contributed by atoms with van der Waals surface area (Å²) < 4.78 is 5.60. The summed E-state index contributed by atoms with van der Waals surface area (Å²) in [5.74, 6) is 6.93. The van der Waals surface area contributed by atoms with Crippen LogP contribution in [0.15, 0.2) is 36.5 Å². The van der Waals surface area contributed by atoms with Crippen molar-refractivity contribution in [2.45, 2.75) is 19.8 Å². The van der Waals surface area contributed by atoms with Gasteiger partial charge in [0.2, 0.25) is 0 Å². The van der Waals surface area contributed by atoms with Gasteiger partial charge in [-0.1, -0.05) is 48.4 Å². The number of rotatable bonds is 4. The van der Waals surface area contributed by atoms with Crippen molar-refractivity contribution in [1.82, 2.24) is 4.98 Å². The van der Waals surface area contributed by atoms with E-state index in [-0.39, 0.29) is 5.15 Å². The minimum atomic E-state index is 0.288. The van der Waals surface area contributed by atoms with Gasteiger partial charge < -0.3 is 4.74 Å². The fourth-order valence-corrected chi connectivity index (χ4v) is 1.87. The van der Waals surface area contributed by atoms with Gasteiger partial charge in [-0.15, -0.1) is 0 Å². The number of ether oxygens (including phenoxy) is 1. The molecule has 0 amide bonds. The summed E-state index contributed by atoms with van der Waals surface area (Å²) in [6, 6.07) is 9.41. The van der Waals surface area contributed by atoms with Crippen LogP contribution in [0, 0.1) is 11.8 Å². The Hall–Kier alpha value is -1.69. The van der Waals surface area contributed by atoms with E-state index in [1.165, 1.54) is 0 Å². The SMILES string of the molecule is CCCCOc1ccc(C#Cc2cnc(Cl)c(Cl)c2)cc1. The van der Waals surface area contributed by atoms with Gasteiger partial charge in [-0.25, -0.2) is 4.98 Å². The number of pyridine rings is 1. The molecule has 1 aromatic carbocycles. The first-order valence-corrected chi connectivity index (χ1v) is 7.50. The molecule has 0 bridgehead atoms. The van der Waals surface area contributed by atoms with E-state index in [1.54, 1.807) is 12.3 Å². The molecule has 108 valence electrons. The standard InChI is InChI=1S/C17H15Cl2NO/c1-2-3-10-21-15-8-6-13(7-9-15)4-5-14-11-16(18)17(19)20-12-14/h6-9,11-12H,2-3,10H2,1H3. The third kappa shape index (κ3) is 4.97. The third-order valence-corrected chi connectivity index (χ3v) is 3.45. The Morgan fingerprint density at radius 1 is 1.10 bits per heavy atom. The number of aromatic nitrogens is 1. The lowest BCUT2D eigenvalue weighted by Gasteiger charge is -2.04. The van der Waals surface area contributed by atoms with Gasteiger partial charge in [0, 0.05) is 17.3 Å². The molecule has 0 aliphatic carbocycles. The Labute approximate surface area is 135 Å². The third-order valence-electron chi connectivity index (χ3n) is 2.77. The highest BCUT2D eigenvalue weighted by Gasteiger charge is 1.98. The van der Waals surface area contributed by atoms with Crippen LogP contribution < -0.4 is 4.74 Å². The maximum absolute atomic E-state index is 5.90. The van der Waals surface area contributed by atoms with Crippen LogP contribution in [0.4, 0.5) is 0 Å². The van der Waals surface area contributed by atoms with Crippen molar-refractivity contribution in [3.63, 3.8) is 0 Å². The molecule has 0 fully saturated rings. The maximum atomic E-state index is 5.90. The summed E-state index contributed by atoms with van der Waals surface area (Å²) >= 11 is 11.7. The summed E-state index contributed by atoms with van der Waals surface area (Å²) in [5, 5.41) is 0.693. The van der Waals surface area contributed by atoms with E-state index < -0.39 is 0 Å². The van der Waals surface area contributed by atoms with Crippen molar-refractivity contribution in [3.05, 3.63) is 57.8 Å². The smallest absolute Gasteiger partial charge is 0.147 e. The largest absolute Gasteiger partial charge is 0.494 e. The van der Waals surface area contributed by atoms with Gasteiger partial charge in [-0.3, -0.25) is 0 Å². The normalized spacial score (nSPS) is 9.86. The van der Waals surface area contributed by atoms with Crippen molar-refractivity contribution in [2.75, 3.05) is 6.61 Å². The molecule has 0 aliphatic rings. The lowest BCUT2D eigenvalue weighted by Crippen LogP contribution is -1.95. The molecular formula is C17H15Cl2NO. The van der Waals surface area contributed by atoms with E-state index in [2.05, 4.69) is 23.7 Å². The number of hydrogen-bond acceptors (Lipinski definition) is 2. The number of hydrogen-bond donors (Lipinski definition) is 0. The van der Waals surface area contributed by atoms with Crippen LogP contribution in [0.1, 0.15) is 30.9 Å². The van der Waals surface area contributed by atoms with Gasteiger partial charge in [0.05, 0.1) is 11.6 Å². The molecule has 0 aliphatic heterocycles. The average molecular weight is 320 g/mol. The van der Waals surface area contributed by atoms with E-state index >= 15 is 0 Å². The zero-order chi connectivity index (χ0) is 15.1. The molecule has 0 saturated heterocycles. The maximum Gasteiger partial charge on any atom is 0.147 e. The highest BCUT2D eigenvalue weighted by molar-refractivity contribution is 6.41. The van der Waals surface area contributed by atoms with Crippen LogP contribution in [0.3, 0.4) is 0 Å². The van der Waals surface area contributed by atoms with Gasteiger partial charge in [0.1, 0.15) is 10.9 Å². The Morgan fingerprint density at radius 2 is 1.81 bits per heavy atom. The fraction of sp³-hybridized carbons (Fsp3) is 0.235. The average Bonchev–Trinajstić information content (AvgIpc) is 2.50. The van der Waals surface area contributed by atoms with Crippen molar-refractivity contribution in [1.29, 1.82) is 0 Å². The Morgan fingerprint density at radius 3 is 2.48 bits per heavy atom. The van der Waals surface area contributed by atoms with Gasteiger partial charge in [-0.2, -0.15) is 0 Å². The molecule has 0 unspecified atom stereocenters. The van der Waals surface area contributed by atoms with Gasteiger partial charge in [0.15, 0.2) is 0 Å². The quantitative estimate of drug-likeness (QED) is 0.451. The van der Waals surface area contributed by atoms with E-state index in [0.29, 0.717) is 5.02 Å². The van der Waals surface area contributed by atoms with Crippen LogP contribution >= 0.6 is 23.2 Å². The minimum Gasteiger partial charge on any atom is -0.494 e. The number of nitrogens with zero attached hydrogens (tertiary/aromatic N) is 1. The predicted molar refractivity (Wildman–Crippen MR) is 87.1 cm³/mol. The summed E-state index contributed by atoms with van der Waals surface area (Å²) in [5.41, 5.74) is 1.64. The van der Waals surface area contributed by atoms with E-state index in [9.17, 15) is 0 Å². The van der Waals surface area contributed by atoms with Gasteiger partial charge >= 0.3 is 0 Å². The lowest BCUT2D eigenvalue weighted by molar-refractivity contribution is 0.309. The van der Waals surface area contributed by atoms with E-state index in [0.717, 1.165) is 36.3 Å². The van der Waals surface area contributed by atoms with Crippen LogP contribution in [0.25, 0.3) is 0 Å². The van der Waals surface area contributed by atoms with Crippen molar-refractivity contribution in [2.24, 2.45) is 0 Å². The lowest BCUT2D eigenvalue weighted by atomic mass is 10.2. The molecular weight excluding hydrogens is 305 g/mol. The zero-order valence-electron chi connectivity index (χ0n) is 11.7. The van der Waals surface area contributed by atoms with Gasteiger partial charge in [-0.05, 0) is 36.8 Å². The van der Waals surface area contributed by atoms with Crippen LogP contribution in [-0.2, 0) is 0 Å². The molecule has 2 aromatic rings. The Bertz CT molecular complexity index is 657. The first kappa shape index (κ1) is 15.7. The van der Waals surface area contributed by atoms with Crippen LogP contribution in [-0.4, -0.2) is 11.6 Å². The molecule has 4 heteroatoms. The monoisotopic (exact) mass is 319 g/mol. The highest BCUT2D eigenvalue weighted by Crippen LogP contribution is 2.19. The molecule has 0 atom stereocenters. The second-order valence-electron chi connectivity index (χ2n) is 4.47. The topological polar surface area (TPSA) is 22.1 Å². The zero-order valence-corrected chi connectivity index (χ0v) is 13.2. The Balaban J connectivity index is 2.03. The molecule has 0 saturated carbocycles. The summed E-state index contributed by atoms with van der Waals surface area (Å²) in [6.45, 7) is 2.89. The summed E-state index contributed by atoms with van der Waals surface area (Å²) in [6.07, 6.45) is 3.79. The van der Waals surface area contributed by atoms with Crippen molar-refractivity contribution in [3.8, 4) is 17.6 Å². The molecule has 1 aromatic heterocycles. The fourth-order valence-electron chi connectivity index (χ4n) is 1.60. The first-order chi connectivity index (χ1) is 10.2. The molecule has 21 heavy (non-hydrogen) atoms. The predicted octanol–water partition coefficient (Wildman–Crippen LogP) is 4.97. The van der Waals surface area contributed by atoms with Crippen LogP contribution in [0.2, 0.25) is 10.2 Å². The second kappa shape index (κ2) is 7.93. The van der Waals surface area contributed by atoms with Crippen molar-refractivity contribution < 1.29 is 4.74 Å². The van der Waals surface area contributed by atoms with Crippen LogP contribution in [0.5, 0.6) is 5.75 Å². The highest BCUT2D eigenvalue weighted by atomic mass is 35.5. The molecule has 0 spiro atoms. The summed E-state index contributed by atoms with van der Waals surface area (Å²) in [7, 11) is 0. The minimum absolute atomic E-state index is 0.288. The first-order valence-electron chi connectivity index (χ1n) is 6.75. The molecule has 0 N–H and O–H groups in total. The number of benzene rings is 1. The van der Waals surface area contributed by atoms with Crippen molar-refractivity contribution >= 4 is 23.2 Å². The number of unbranched alkanes of at least 4 members (excludes halogenated alkanes) is 1. The molecule has 1 heterocycles. The van der Waals surface area contributed by atoms with E-state index in [4.69, 9.17) is 27.9 Å². The van der Waals surface area contributed by atoms with E-state index in [1.807, 2.05) is 24.3 Å². The Kier molecular flexibility index (Phi) is 5.92. The molecule has 0 radical (unpaired) electrons. The summed E-state index contributed by atoms with van der Waals surface area (Å²) in [4.78, 5) is 3.96. The molecule has 2 rings (SSSR count). The van der Waals surface area contributed by atoms with Gasteiger partial charge in [0.25, 0.3) is 0 Å². The second-order valence-corrected chi connectivity index (χ2v) is 5.24. The number of halogens is 2.